The van der Waals surface area contributed by atoms with Crippen molar-refractivity contribution < 1.29 is 62.9 Å². The Hall–Kier alpha value is -8.32. The Morgan fingerprint density at radius 3 is 2.06 bits per heavy atom. The number of aromatic hydroxyl groups is 1. The largest absolute Gasteiger partial charge is 0.508 e. The SMILES string of the molecule is CCNC(=O)[C@@H]1CCCN1C(=O)[C@H](CCCN=C(N)N)NC(=O)[C@@H](CC(=O)[C@@H](COC(C)(C)C)NC(=O)[C@@H](CC(=O)[C@H](CO)NC(=O)[C@@H](CC(=O)[C@H](Cc1cnc[nH]1)NC(=O)[C@H]1CCC(=O)C1)Cc1c[nH]c2ccccc12)Cc1ccc(O)cc1)CC(C)C. The highest BCUT2D eigenvalue weighted by molar-refractivity contribution is 5.99. The normalized spacial score (nSPS) is 17.4. The van der Waals surface area contributed by atoms with Gasteiger partial charge >= 0.3 is 0 Å². The number of guanidine groups is 1. The second kappa shape index (κ2) is 33.3. The molecule has 3 heterocycles. The number of nitrogens with one attached hydrogen (secondary N) is 7. The number of H-pyrrole nitrogens is 2. The number of aromatic nitrogens is 3. The van der Waals surface area contributed by atoms with Crippen molar-refractivity contribution in [3.8, 4) is 5.75 Å². The Bertz CT molecular complexity index is 3110. The van der Waals surface area contributed by atoms with Crippen molar-refractivity contribution in [3.63, 3.8) is 0 Å². The van der Waals surface area contributed by atoms with Gasteiger partial charge in [-0.3, -0.25) is 52.9 Å². The smallest absolute Gasteiger partial charge is 0.245 e. The Morgan fingerprint density at radius 2 is 1.43 bits per heavy atom. The minimum Gasteiger partial charge on any atom is -0.508 e. The molecule has 9 atom stereocenters. The molecule has 2 aliphatic rings. The molecule has 4 aromatic rings. The number of aliphatic hydroxyl groups excluding tert-OH is 1. The zero-order valence-electron chi connectivity index (χ0n) is 51.9. The highest BCUT2D eigenvalue weighted by Crippen LogP contribution is 2.28. The summed E-state index contributed by atoms with van der Waals surface area (Å²) in [7, 11) is 0. The number of nitrogens with two attached hydrogens (primary N) is 2. The summed E-state index contributed by atoms with van der Waals surface area (Å²) in [5.41, 5.74) is 12.8. The summed E-state index contributed by atoms with van der Waals surface area (Å²) in [5, 5.41) is 35.8. The van der Waals surface area contributed by atoms with Crippen LogP contribution in [0.2, 0.25) is 0 Å². The Morgan fingerprint density at radius 1 is 0.787 bits per heavy atom. The number of imidazole rings is 1. The molecule has 484 valence electrons. The third-order valence-electron chi connectivity index (χ3n) is 16.1. The fraction of sp³-hybridized carbons (Fsp3) is 0.562. The predicted molar refractivity (Wildman–Crippen MR) is 331 cm³/mol. The number of likely N-dealkylation sites (N-methyl/N-ethyl adjacent to an activating group) is 1. The number of carbonyl (C=O) groups excluding carboxylic acids is 10. The minimum atomic E-state index is -1.61. The summed E-state index contributed by atoms with van der Waals surface area (Å²) < 4.78 is 6.11. The van der Waals surface area contributed by atoms with E-state index in [4.69, 9.17) is 16.2 Å². The number of hydrogen-bond donors (Lipinski definition) is 11. The molecule has 1 saturated carbocycles. The average molecular weight is 1240 g/mol. The van der Waals surface area contributed by atoms with E-state index in [0.717, 1.165) is 10.9 Å². The summed E-state index contributed by atoms with van der Waals surface area (Å²) in [6, 6.07) is 7.24. The molecule has 0 spiro atoms. The van der Waals surface area contributed by atoms with Gasteiger partial charge in [-0.15, -0.1) is 0 Å². The molecule has 0 unspecified atom stereocenters. The number of Topliss-reactive ketones (excluding diaryl/α,β-unsaturated/α-hetero) is 4. The van der Waals surface area contributed by atoms with E-state index >= 15 is 0 Å². The van der Waals surface area contributed by atoms with Crippen LogP contribution in [0.5, 0.6) is 5.75 Å². The lowest BCUT2D eigenvalue weighted by Crippen LogP contribution is -2.54. The van der Waals surface area contributed by atoms with Crippen LogP contribution in [0.3, 0.4) is 0 Å². The van der Waals surface area contributed by atoms with Crippen LogP contribution >= 0.6 is 0 Å². The van der Waals surface area contributed by atoms with E-state index in [2.05, 4.69) is 46.5 Å². The zero-order valence-corrected chi connectivity index (χ0v) is 51.9. The number of likely N-dealkylation sites (tertiary alicyclic amines) is 1. The molecule has 89 heavy (non-hydrogen) atoms. The third-order valence-corrected chi connectivity index (χ3v) is 16.1. The number of ketones is 4. The van der Waals surface area contributed by atoms with Crippen LogP contribution in [-0.4, -0.2) is 163 Å². The maximum Gasteiger partial charge on any atom is 0.245 e. The zero-order chi connectivity index (χ0) is 65.0. The summed E-state index contributed by atoms with van der Waals surface area (Å²) in [6.45, 7) is 10.3. The van der Waals surface area contributed by atoms with Crippen LogP contribution in [-0.2, 0) is 71.9 Å². The molecule has 0 radical (unpaired) electrons. The molecular formula is C64H90N12O13. The molecule has 25 nitrogen and oxygen atoms in total. The summed E-state index contributed by atoms with van der Waals surface area (Å²) >= 11 is 0. The van der Waals surface area contributed by atoms with E-state index in [1.165, 1.54) is 29.6 Å². The van der Waals surface area contributed by atoms with Crippen molar-refractivity contribution in [1.29, 1.82) is 0 Å². The van der Waals surface area contributed by atoms with Gasteiger partial charge in [-0.05, 0) is 114 Å². The van der Waals surface area contributed by atoms with Crippen molar-refractivity contribution in [2.24, 2.45) is 46.0 Å². The number of benzene rings is 2. The molecule has 2 aromatic carbocycles. The van der Waals surface area contributed by atoms with Crippen LogP contribution in [0.15, 0.2) is 72.2 Å². The summed E-state index contributed by atoms with van der Waals surface area (Å²) in [6.07, 6.45) is 5.24. The predicted octanol–water partition coefficient (Wildman–Crippen LogP) is 2.69. The van der Waals surface area contributed by atoms with Crippen molar-refractivity contribution >= 4 is 75.4 Å². The second-order valence-electron chi connectivity index (χ2n) is 24.8. The van der Waals surface area contributed by atoms with Crippen LogP contribution in [0, 0.1) is 29.6 Å². The first kappa shape index (κ1) is 69.8. The van der Waals surface area contributed by atoms with Gasteiger partial charge < -0.3 is 67.9 Å². The molecule has 0 bridgehead atoms. The van der Waals surface area contributed by atoms with Crippen LogP contribution in [0.4, 0.5) is 0 Å². The van der Waals surface area contributed by atoms with Gasteiger partial charge in [-0.2, -0.15) is 0 Å². The summed E-state index contributed by atoms with van der Waals surface area (Å²) in [4.78, 5) is 157. The molecule has 2 aromatic heterocycles. The lowest BCUT2D eigenvalue weighted by atomic mass is 9.88. The first-order valence-corrected chi connectivity index (χ1v) is 30.8. The highest BCUT2D eigenvalue weighted by Gasteiger charge is 2.40. The van der Waals surface area contributed by atoms with Gasteiger partial charge in [0.25, 0.3) is 0 Å². The highest BCUT2D eigenvalue weighted by atomic mass is 16.5. The number of phenols is 1. The lowest BCUT2D eigenvalue weighted by Gasteiger charge is -2.30. The average Bonchev–Trinajstić information content (AvgIpc) is 2.38. The van der Waals surface area contributed by atoms with E-state index in [0.29, 0.717) is 42.6 Å². The number of phenolic OH excluding ortho intramolecular Hbond substituents is 1. The summed E-state index contributed by atoms with van der Waals surface area (Å²) in [5.74, 6) is -9.84. The number of aromatic amines is 2. The van der Waals surface area contributed by atoms with Gasteiger partial charge in [0.1, 0.15) is 35.7 Å². The van der Waals surface area contributed by atoms with Crippen molar-refractivity contribution in [1.82, 2.24) is 46.4 Å². The van der Waals surface area contributed by atoms with E-state index in [1.807, 2.05) is 38.1 Å². The Labute approximate surface area is 518 Å². The first-order chi connectivity index (χ1) is 42.3. The van der Waals surface area contributed by atoms with Crippen LogP contribution < -0.4 is 38.1 Å². The van der Waals surface area contributed by atoms with E-state index in [9.17, 15) is 58.2 Å². The van der Waals surface area contributed by atoms with Gasteiger partial charge in [-0.25, -0.2) is 4.98 Å². The number of nitrogens with zero attached hydrogens (tertiary/aromatic N) is 3. The first-order valence-electron chi connectivity index (χ1n) is 30.8. The molecule has 1 aliphatic carbocycles. The van der Waals surface area contributed by atoms with Gasteiger partial charge in [0.05, 0.1) is 31.2 Å². The van der Waals surface area contributed by atoms with Crippen LogP contribution in [0.1, 0.15) is 129 Å². The minimum absolute atomic E-state index is 0.00835. The number of rotatable bonds is 35. The maximum absolute atomic E-state index is 14.9. The number of ether oxygens (including phenoxy) is 1. The van der Waals surface area contributed by atoms with E-state index in [1.54, 1.807) is 46.0 Å². The number of para-hydroxylation sites is 1. The topological polar surface area (TPSA) is 393 Å². The number of amides is 6. The van der Waals surface area contributed by atoms with Crippen LogP contribution in [0.25, 0.3) is 10.9 Å². The number of hydrogen-bond acceptors (Lipinski definition) is 15. The number of aliphatic imine (C=N–C) groups is 1. The molecule has 13 N–H and O–H groups in total. The van der Waals surface area contributed by atoms with Gasteiger partial charge in [-0.1, -0.05) is 44.2 Å². The van der Waals surface area contributed by atoms with E-state index < -0.39 is 132 Å². The lowest BCUT2D eigenvalue weighted by molar-refractivity contribution is -0.142. The number of aliphatic hydroxyl groups is 1. The fourth-order valence-corrected chi connectivity index (χ4v) is 11.4. The Balaban J connectivity index is 1.24. The molecule has 1 saturated heterocycles. The Kier molecular flexibility index (Phi) is 26.1. The third kappa shape index (κ3) is 21.5. The van der Waals surface area contributed by atoms with Gasteiger partial charge in [0, 0.05) is 111 Å². The second-order valence-corrected chi connectivity index (χ2v) is 24.8. The quantitative estimate of drug-likeness (QED) is 0.0179. The fourth-order valence-electron chi connectivity index (χ4n) is 11.4. The van der Waals surface area contributed by atoms with E-state index in [-0.39, 0.29) is 100 Å². The van der Waals surface area contributed by atoms with Gasteiger partial charge in [0.2, 0.25) is 35.4 Å². The maximum atomic E-state index is 14.9. The van der Waals surface area contributed by atoms with Crippen molar-refractivity contribution in [3.05, 3.63) is 84.1 Å². The van der Waals surface area contributed by atoms with Gasteiger partial charge in [0.15, 0.2) is 23.3 Å². The van der Waals surface area contributed by atoms with Crippen molar-refractivity contribution in [2.75, 3.05) is 32.8 Å². The molecule has 25 heteroatoms. The molecule has 1 aliphatic heterocycles. The number of fused-ring (bicyclic) bond motifs is 1. The monoisotopic (exact) mass is 1230 g/mol. The molecule has 6 rings (SSSR count). The molecular weight excluding hydrogens is 1140 g/mol. The standard InChI is InChI=1S/C64H90N12O13/c1-7-68-61(87)53-15-11-23-76(53)62(88)49(14-10-22-69-63(65)66)72-58(84)40(24-37(2)3)28-56(82)52(35-89-64(4,5)6)75-59(85)41(25-38-16-19-45(78)20-17-38)29-55(81)51(34-77)74-60(86)42(26-43-32-70-48-13-9-8-12-47(43)48)30-54(80)50(31-44-33-67-36-71-44)73-57(83)39-18-21-46(79)27-39/h8-9,12-13,16-17,19-20,32-33,36-37,39-42,49-53,70,77-78H,7,10-11,14-15,18,21-31,34-35H2,1-6H3,(H,67,71)(H,68,87)(H,72,84)(H,73,83)(H,74,86)(H,75,85)(H4,65,66,69)/t39-,40+,41+,42+,49-,50-,51-,52+,53-/m0/s1. The molecule has 6 amide bonds. The van der Waals surface area contributed by atoms with Crippen molar-refractivity contribution in [2.45, 2.75) is 167 Å². The molecule has 2 fully saturated rings. The number of carbonyl (C=O) groups is 10.